The van der Waals surface area contributed by atoms with E-state index in [1.165, 1.54) is 0 Å². The van der Waals surface area contributed by atoms with E-state index < -0.39 is 48.5 Å². The number of carbonyl (C=O) groups excluding carboxylic acids is 1. The maximum absolute atomic E-state index is 12.9. The highest BCUT2D eigenvalue weighted by Crippen LogP contribution is 2.60. The highest BCUT2D eigenvalue weighted by Gasteiger charge is 2.90. The molecule has 0 saturated heterocycles. The van der Waals surface area contributed by atoms with Gasteiger partial charge in [-0.3, -0.25) is 0 Å². The molecule has 0 aromatic heterocycles. The highest BCUT2D eigenvalue weighted by molar-refractivity contribution is 5.64. The second-order valence-electron chi connectivity index (χ2n) is 4.11. The molecule has 0 aliphatic carbocycles. The van der Waals surface area contributed by atoms with E-state index in [1.807, 2.05) is 0 Å². The summed E-state index contributed by atoms with van der Waals surface area (Å²) in [5.41, 5.74) is 4.02. The lowest BCUT2D eigenvalue weighted by Crippen LogP contribution is -2.70. The molecule has 144 valence electrons. The Balaban J connectivity index is 6.05. The topological polar surface area (TPSA) is 52.3 Å². The van der Waals surface area contributed by atoms with Crippen molar-refractivity contribution in [3.05, 3.63) is 0 Å². The predicted molar refractivity (Wildman–Crippen MR) is 46.3 cm³/mol. The number of amides is 1. The van der Waals surface area contributed by atoms with Gasteiger partial charge in [-0.2, -0.15) is 57.1 Å². The number of nitrogens with two attached hydrogens (primary N) is 1. The number of rotatable bonds is 6. The SMILES string of the molecule is NC(=O)OCC(F)(F)C(F)(F)C(F)(F)C(F)(F)C(F)(F)C(F)(F)F. The Hall–Kier alpha value is -1.64. The molecule has 16 heteroatoms. The van der Waals surface area contributed by atoms with E-state index in [2.05, 4.69) is 10.5 Å². The van der Waals surface area contributed by atoms with Crippen molar-refractivity contribution in [2.75, 3.05) is 6.61 Å². The molecule has 0 aromatic carbocycles. The Morgan fingerprint density at radius 3 is 1.29 bits per heavy atom. The maximum atomic E-state index is 12.9. The molecule has 0 unspecified atom stereocenters. The Bertz CT molecular complexity index is 483. The Morgan fingerprint density at radius 2 is 1.00 bits per heavy atom. The Kier molecular flexibility index (Phi) is 5.32. The molecule has 0 saturated carbocycles. The molecule has 0 fully saturated rings. The monoisotopic (exact) mass is 393 g/mol. The molecule has 1 amide bonds. The number of ether oxygens (including phenoxy) is 1. The minimum Gasteiger partial charge on any atom is -0.443 e. The lowest BCUT2D eigenvalue weighted by Gasteiger charge is -2.39. The largest absolute Gasteiger partial charge is 0.460 e. The van der Waals surface area contributed by atoms with E-state index in [-0.39, 0.29) is 0 Å². The predicted octanol–water partition coefficient (Wildman–Crippen LogP) is 3.82. The molecule has 0 bridgehead atoms. The number of halogens is 13. The molecule has 24 heavy (non-hydrogen) atoms. The van der Waals surface area contributed by atoms with Gasteiger partial charge in [0.1, 0.15) is 0 Å². The van der Waals surface area contributed by atoms with Crippen molar-refractivity contribution in [2.45, 2.75) is 35.8 Å². The first-order valence-corrected chi connectivity index (χ1v) is 5.05. The minimum atomic E-state index is -7.99. The van der Waals surface area contributed by atoms with E-state index in [1.54, 1.807) is 0 Å². The van der Waals surface area contributed by atoms with Crippen LogP contribution in [0.3, 0.4) is 0 Å². The number of hydrogen-bond donors (Lipinski definition) is 1. The first-order valence-electron chi connectivity index (χ1n) is 5.05. The second-order valence-corrected chi connectivity index (χ2v) is 4.11. The van der Waals surface area contributed by atoms with Crippen LogP contribution in [-0.4, -0.2) is 48.5 Å². The van der Waals surface area contributed by atoms with Gasteiger partial charge >= 0.3 is 41.9 Å². The summed E-state index contributed by atoms with van der Waals surface area (Å²) in [5, 5.41) is 0. The van der Waals surface area contributed by atoms with Crippen molar-refractivity contribution in [1.82, 2.24) is 0 Å². The third-order valence-corrected chi connectivity index (χ3v) is 2.39. The summed E-state index contributed by atoms with van der Waals surface area (Å²) >= 11 is 0. The molecule has 0 heterocycles. The van der Waals surface area contributed by atoms with Crippen LogP contribution < -0.4 is 5.73 Å². The highest BCUT2D eigenvalue weighted by atomic mass is 19.4. The third kappa shape index (κ3) is 3.13. The number of carbonyl (C=O) groups is 1. The summed E-state index contributed by atoms with van der Waals surface area (Å²) in [6.45, 7) is -3.10. The molecule has 2 N–H and O–H groups in total. The number of alkyl halides is 13. The summed E-state index contributed by atoms with van der Waals surface area (Å²) in [6.07, 6.45) is -9.75. The van der Waals surface area contributed by atoms with Gasteiger partial charge in [0.2, 0.25) is 0 Å². The van der Waals surface area contributed by atoms with Gasteiger partial charge in [-0.1, -0.05) is 0 Å². The third-order valence-electron chi connectivity index (χ3n) is 2.39. The van der Waals surface area contributed by atoms with Gasteiger partial charge in [0.05, 0.1) is 0 Å². The van der Waals surface area contributed by atoms with Crippen LogP contribution in [0.2, 0.25) is 0 Å². The van der Waals surface area contributed by atoms with Gasteiger partial charge in [0, 0.05) is 0 Å². The normalized spacial score (nSPS) is 15.4. The molecule has 0 aliphatic rings. The summed E-state index contributed by atoms with van der Waals surface area (Å²) in [7, 11) is 0. The quantitative estimate of drug-likeness (QED) is 0.698. The summed E-state index contributed by atoms with van der Waals surface area (Å²) < 4.78 is 166. The fraction of sp³-hybridized carbons (Fsp3) is 0.875. The van der Waals surface area contributed by atoms with Crippen molar-refractivity contribution in [1.29, 1.82) is 0 Å². The van der Waals surface area contributed by atoms with Crippen molar-refractivity contribution in [3.63, 3.8) is 0 Å². The van der Waals surface area contributed by atoms with Crippen LogP contribution in [0.4, 0.5) is 61.9 Å². The molecular weight excluding hydrogens is 389 g/mol. The van der Waals surface area contributed by atoms with Gasteiger partial charge in [-0.25, -0.2) is 4.79 Å². The van der Waals surface area contributed by atoms with E-state index in [9.17, 15) is 61.9 Å². The zero-order valence-corrected chi connectivity index (χ0v) is 10.5. The van der Waals surface area contributed by atoms with Crippen LogP contribution in [0.1, 0.15) is 0 Å². The second kappa shape index (κ2) is 5.72. The number of primary amides is 1. The van der Waals surface area contributed by atoms with Gasteiger partial charge in [-0.15, -0.1) is 0 Å². The van der Waals surface area contributed by atoms with Crippen LogP contribution >= 0.6 is 0 Å². The van der Waals surface area contributed by atoms with Crippen LogP contribution in [0, 0.1) is 0 Å². The summed E-state index contributed by atoms with van der Waals surface area (Å²) in [4.78, 5) is 9.93. The molecule has 0 aliphatic heterocycles. The smallest absolute Gasteiger partial charge is 0.443 e. The van der Waals surface area contributed by atoms with Gasteiger partial charge < -0.3 is 10.5 Å². The molecule has 0 radical (unpaired) electrons. The summed E-state index contributed by atoms with van der Waals surface area (Å²) in [5.74, 6) is -37.7. The Labute approximate surface area is 122 Å². The standard InChI is InChI=1S/C8H4F13NO2/c9-3(10,1-24-2(22)23)4(11,12)5(13,14)6(15,16)7(17,18)8(19,20)21/h1H2,(H2,22,23). The first kappa shape index (κ1) is 22.4. The fourth-order valence-electron chi connectivity index (χ4n) is 1.05. The van der Waals surface area contributed by atoms with Crippen molar-refractivity contribution < 1.29 is 66.6 Å². The van der Waals surface area contributed by atoms with Gasteiger partial charge in [0.25, 0.3) is 0 Å². The van der Waals surface area contributed by atoms with Crippen molar-refractivity contribution in [2.24, 2.45) is 5.73 Å². The van der Waals surface area contributed by atoms with E-state index in [0.29, 0.717) is 0 Å². The van der Waals surface area contributed by atoms with Crippen LogP contribution in [0.15, 0.2) is 0 Å². The molecule has 0 aromatic rings. The molecule has 0 atom stereocenters. The van der Waals surface area contributed by atoms with E-state index >= 15 is 0 Å². The lowest BCUT2D eigenvalue weighted by molar-refractivity contribution is -0.440. The lowest BCUT2D eigenvalue weighted by atomic mass is 9.94. The van der Waals surface area contributed by atoms with E-state index in [4.69, 9.17) is 0 Å². The van der Waals surface area contributed by atoms with Crippen LogP contribution in [0.5, 0.6) is 0 Å². The van der Waals surface area contributed by atoms with Gasteiger partial charge in [-0.05, 0) is 0 Å². The zero-order valence-electron chi connectivity index (χ0n) is 10.5. The van der Waals surface area contributed by atoms with Crippen LogP contribution in [0.25, 0.3) is 0 Å². The number of hydrogen-bond acceptors (Lipinski definition) is 2. The van der Waals surface area contributed by atoms with Crippen LogP contribution in [-0.2, 0) is 4.74 Å². The molecule has 0 spiro atoms. The first-order chi connectivity index (χ1) is 10.2. The average Bonchev–Trinajstić information content (AvgIpc) is 2.34. The van der Waals surface area contributed by atoms with E-state index in [0.717, 1.165) is 0 Å². The molecular formula is C8H4F13NO2. The molecule has 0 rings (SSSR count). The van der Waals surface area contributed by atoms with Crippen molar-refractivity contribution >= 4 is 6.09 Å². The minimum absolute atomic E-state index is 2.28. The maximum Gasteiger partial charge on any atom is 0.460 e. The fourth-order valence-corrected chi connectivity index (χ4v) is 1.05. The van der Waals surface area contributed by atoms with Gasteiger partial charge in [0.15, 0.2) is 6.61 Å². The Morgan fingerprint density at radius 1 is 0.667 bits per heavy atom. The zero-order chi connectivity index (χ0) is 20.0. The average molecular weight is 393 g/mol. The summed E-state index contributed by atoms with van der Waals surface area (Å²) in [6, 6.07) is 0. The molecule has 3 nitrogen and oxygen atoms in total. The van der Waals surface area contributed by atoms with Crippen molar-refractivity contribution in [3.8, 4) is 0 Å².